The van der Waals surface area contributed by atoms with E-state index < -0.39 is 0 Å². The van der Waals surface area contributed by atoms with E-state index in [4.69, 9.17) is 4.74 Å². The molecule has 0 amide bonds. The van der Waals surface area contributed by atoms with E-state index in [1.165, 1.54) is 12.8 Å². The predicted octanol–water partition coefficient (Wildman–Crippen LogP) is 3.24. The number of quaternary nitrogens is 1. The van der Waals surface area contributed by atoms with Crippen LogP contribution in [-0.4, -0.2) is 35.9 Å². The van der Waals surface area contributed by atoms with Crippen molar-refractivity contribution in [3.63, 3.8) is 0 Å². The number of fused-ring (bicyclic) bond motifs is 1. The summed E-state index contributed by atoms with van der Waals surface area (Å²) in [6.45, 7) is 5.87. The molecule has 0 spiro atoms. The molecule has 6 atom stereocenters. The highest BCUT2D eigenvalue weighted by Gasteiger charge is 2.44. The molecule has 0 saturated carbocycles. The SMILES string of the molecule is C[C@@H]1C[C@H](C[C@@H](C)[C@H]2CCCC[N+]3([O-])CCC[C@@H]23)OC1=O. The second-order valence-electron chi connectivity index (χ2n) is 7.68. The maximum atomic E-state index is 13.0. The fourth-order valence-corrected chi connectivity index (χ4v) is 4.98. The van der Waals surface area contributed by atoms with Gasteiger partial charge in [0.05, 0.1) is 25.0 Å². The lowest BCUT2D eigenvalue weighted by Gasteiger charge is -2.47. The molecule has 0 N–H and O–H groups in total. The molecule has 1 unspecified atom stereocenters. The second-order valence-corrected chi connectivity index (χ2v) is 7.68. The molecule has 0 aliphatic carbocycles. The van der Waals surface area contributed by atoms with Crippen molar-refractivity contribution >= 4 is 5.97 Å². The molecular formula is C17H29NO3. The minimum Gasteiger partial charge on any atom is -0.633 e. The van der Waals surface area contributed by atoms with Gasteiger partial charge in [-0.3, -0.25) is 4.79 Å². The maximum Gasteiger partial charge on any atom is 0.309 e. The van der Waals surface area contributed by atoms with Crippen LogP contribution < -0.4 is 0 Å². The summed E-state index contributed by atoms with van der Waals surface area (Å²) in [6, 6.07) is 0.303. The molecule has 4 heteroatoms. The molecule has 0 radical (unpaired) electrons. The lowest BCUT2D eigenvalue weighted by molar-refractivity contribution is -0.895. The van der Waals surface area contributed by atoms with Gasteiger partial charge >= 0.3 is 5.97 Å². The first kappa shape index (κ1) is 15.3. The summed E-state index contributed by atoms with van der Waals surface area (Å²) in [7, 11) is 0. The minimum absolute atomic E-state index is 0.0390. The van der Waals surface area contributed by atoms with Crippen molar-refractivity contribution in [1.82, 2.24) is 0 Å². The van der Waals surface area contributed by atoms with Gasteiger partial charge in [-0.1, -0.05) is 13.8 Å². The van der Waals surface area contributed by atoms with Crippen LogP contribution in [0.15, 0.2) is 0 Å². The molecule has 0 bridgehead atoms. The Labute approximate surface area is 128 Å². The molecule has 3 saturated heterocycles. The molecule has 0 aromatic rings. The lowest BCUT2D eigenvalue weighted by atomic mass is 9.79. The molecule has 120 valence electrons. The van der Waals surface area contributed by atoms with E-state index in [1.54, 1.807) is 0 Å². The summed E-state index contributed by atoms with van der Waals surface area (Å²) < 4.78 is 5.55. The van der Waals surface area contributed by atoms with Gasteiger partial charge < -0.3 is 14.6 Å². The molecule has 21 heavy (non-hydrogen) atoms. The number of cyclic esters (lactones) is 1. The number of hydrogen-bond acceptors (Lipinski definition) is 3. The fourth-order valence-electron chi connectivity index (χ4n) is 4.98. The average molecular weight is 295 g/mol. The number of hydroxylamine groups is 3. The molecule has 4 nitrogen and oxygen atoms in total. The smallest absolute Gasteiger partial charge is 0.309 e. The Morgan fingerprint density at radius 1 is 1.29 bits per heavy atom. The van der Waals surface area contributed by atoms with Crippen molar-refractivity contribution in [2.45, 2.75) is 70.9 Å². The zero-order valence-corrected chi connectivity index (χ0v) is 13.4. The van der Waals surface area contributed by atoms with Crippen LogP contribution in [0.4, 0.5) is 0 Å². The molecule has 3 fully saturated rings. The van der Waals surface area contributed by atoms with Crippen molar-refractivity contribution < 1.29 is 14.2 Å². The van der Waals surface area contributed by atoms with Crippen LogP contribution in [0.25, 0.3) is 0 Å². The van der Waals surface area contributed by atoms with Gasteiger partial charge in [0.2, 0.25) is 0 Å². The summed E-state index contributed by atoms with van der Waals surface area (Å²) in [4.78, 5) is 11.6. The summed E-state index contributed by atoms with van der Waals surface area (Å²) >= 11 is 0. The van der Waals surface area contributed by atoms with Crippen molar-refractivity contribution in [2.75, 3.05) is 13.1 Å². The Morgan fingerprint density at radius 3 is 2.76 bits per heavy atom. The standard InChI is InChI=1S/C17H29NO3/c1-12(10-14-11-13(2)17(19)21-14)15-6-3-4-8-18(20)9-5-7-16(15)18/h12-16H,3-11H2,1-2H3/t12-,13-,14+,15-,16+,18?/m1/s1. The molecular weight excluding hydrogens is 266 g/mol. The van der Waals surface area contributed by atoms with Gasteiger partial charge in [0.15, 0.2) is 0 Å². The Kier molecular flexibility index (Phi) is 4.28. The van der Waals surface area contributed by atoms with E-state index >= 15 is 0 Å². The number of rotatable bonds is 3. The van der Waals surface area contributed by atoms with Crippen LogP contribution >= 0.6 is 0 Å². The quantitative estimate of drug-likeness (QED) is 0.456. The maximum absolute atomic E-state index is 13.0. The normalized spacial score (nSPS) is 45.0. The average Bonchev–Trinajstić information content (AvgIpc) is 2.89. The van der Waals surface area contributed by atoms with E-state index in [-0.39, 0.29) is 22.6 Å². The van der Waals surface area contributed by atoms with Crippen LogP contribution in [0.2, 0.25) is 0 Å². The number of carbonyl (C=O) groups excluding carboxylic acids is 1. The second kappa shape index (κ2) is 5.88. The van der Waals surface area contributed by atoms with Gasteiger partial charge in [-0.05, 0) is 38.0 Å². The first-order valence-corrected chi connectivity index (χ1v) is 8.78. The highest BCUT2D eigenvalue weighted by molar-refractivity contribution is 5.74. The number of ether oxygens (including phenoxy) is 1. The van der Waals surface area contributed by atoms with Crippen molar-refractivity contribution in [3.8, 4) is 0 Å². The highest BCUT2D eigenvalue weighted by atomic mass is 16.6. The zero-order chi connectivity index (χ0) is 15.0. The van der Waals surface area contributed by atoms with E-state index in [0.717, 1.165) is 45.2 Å². The first-order chi connectivity index (χ1) is 9.99. The summed E-state index contributed by atoms with van der Waals surface area (Å²) in [6.07, 6.45) is 7.53. The number of nitrogens with zero attached hydrogens (tertiary/aromatic N) is 1. The topological polar surface area (TPSA) is 49.4 Å². The molecule has 3 aliphatic heterocycles. The third kappa shape index (κ3) is 2.98. The highest BCUT2D eigenvalue weighted by Crippen LogP contribution is 2.42. The van der Waals surface area contributed by atoms with Crippen LogP contribution in [0, 0.1) is 23.0 Å². The summed E-state index contributed by atoms with van der Waals surface area (Å²) in [5, 5.41) is 13.0. The zero-order valence-electron chi connectivity index (χ0n) is 13.4. The molecule has 3 aliphatic rings. The molecule has 3 heterocycles. The fraction of sp³-hybridized carbons (Fsp3) is 0.941. The molecule has 0 aromatic heterocycles. The van der Waals surface area contributed by atoms with Gasteiger partial charge in [0.25, 0.3) is 0 Å². The monoisotopic (exact) mass is 295 g/mol. The Bertz CT molecular complexity index is 399. The summed E-state index contributed by atoms with van der Waals surface area (Å²) in [5.74, 6) is 1.02. The van der Waals surface area contributed by atoms with Crippen molar-refractivity contribution in [2.24, 2.45) is 17.8 Å². The number of esters is 1. The van der Waals surface area contributed by atoms with Crippen molar-refractivity contribution in [1.29, 1.82) is 0 Å². The van der Waals surface area contributed by atoms with Crippen LogP contribution in [0.5, 0.6) is 0 Å². The van der Waals surface area contributed by atoms with E-state index in [9.17, 15) is 10.0 Å². The van der Waals surface area contributed by atoms with Gasteiger partial charge in [0.1, 0.15) is 6.10 Å². The van der Waals surface area contributed by atoms with Crippen LogP contribution in [0.3, 0.4) is 0 Å². The van der Waals surface area contributed by atoms with Crippen molar-refractivity contribution in [3.05, 3.63) is 5.21 Å². The Morgan fingerprint density at radius 2 is 2.05 bits per heavy atom. The molecule has 3 rings (SSSR count). The third-order valence-electron chi connectivity index (χ3n) is 6.13. The van der Waals surface area contributed by atoms with Gasteiger partial charge in [-0.15, -0.1) is 0 Å². The van der Waals surface area contributed by atoms with Crippen LogP contribution in [-0.2, 0) is 9.53 Å². The number of hydrogen-bond donors (Lipinski definition) is 0. The Hall–Kier alpha value is -0.610. The van der Waals surface area contributed by atoms with Crippen LogP contribution in [0.1, 0.15) is 58.8 Å². The largest absolute Gasteiger partial charge is 0.633 e. The van der Waals surface area contributed by atoms with E-state index in [2.05, 4.69) is 6.92 Å². The van der Waals surface area contributed by atoms with E-state index in [0.29, 0.717) is 17.9 Å². The Balaban J connectivity index is 1.65. The van der Waals surface area contributed by atoms with E-state index in [1.807, 2.05) is 6.92 Å². The van der Waals surface area contributed by atoms with Gasteiger partial charge in [-0.25, -0.2) is 0 Å². The minimum atomic E-state index is -0.0390. The lowest BCUT2D eigenvalue weighted by Crippen LogP contribution is -2.50. The third-order valence-corrected chi connectivity index (χ3v) is 6.13. The summed E-state index contributed by atoms with van der Waals surface area (Å²) in [5.41, 5.74) is 0. The predicted molar refractivity (Wildman–Crippen MR) is 81.2 cm³/mol. The first-order valence-electron chi connectivity index (χ1n) is 8.78. The molecule has 0 aromatic carbocycles. The number of carbonyl (C=O) groups is 1. The van der Waals surface area contributed by atoms with Gasteiger partial charge in [0, 0.05) is 18.8 Å². The van der Waals surface area contributed by atoms with Gasteiger partial charge in [-0.2, -0.15) is 0 Å².